The van der Waals surface area contributed by atoms with Crippen LogP contribution < -0.4 is 15.8 Å². The second kappa shape index (κ2) is 9.64. The average molecular weight is 491 g/mol. The number of thiophene rings is 1. The van der Waals surface area contributed by atoms with Gasteiger partial charge in [-0.05, 0) is 67.6 Å². The number of anilines is 2. The average Bonchev–Trinajstić information content (AvgIpc) is 3.22. The zero-order valence-electron chi connectivity index (χ0n) is 19.2. The van der Waals surface area contributed by atoms with Gasteiger partial charge >= 0.3 is 0 Å². The number of thioether (sulfide) groups is 1. The first-order chi connectivity index (χ1) is 16.5. The summed E-state index contributed by atoms with van der Waals surface area (Å²) in [6, 6.07) is 17.3. The fraction of sp³-hybridized carbons (Fsp3) is 0.269. The Bertz CT molecular complexity index is 1390. The molecule has 0 radical (unpaired) electrons. The number of hydrogen-bond donors (Lipinski definition) is 1. The quantitative estimate of drug-likeness (QED) is 0.300. The number of aromatic nitrogens is 2. The van der Waals surface area contributed by atoms with Crippen LogP contribution >= 0.6 is 23.1 Å². The standard InChI is InChI=1S/C26H26N4O2S2/c1-29(2)18-14-12-17(13-15-18)27-22(31)16-33-26-28-24-23(20-10-6-7-11-21(20)34-24)25(32)30(26)19-8-4-3-5-9-19/h3-5,8-9,12-15H,6-7,10-11,16H2,1-2H3,(H,27,31). The third kappa shape index (κ3) is 4.48. The third-order valence-corrected chi connectivity index (χ3v) is 8.10. The monoisotopic (exact) mass is 490 g/mol. The van der Waals surface area contributed by atoms with Crippen molar-refractivity contribution in [1.29, 1.82) is 0 Å². The van der Waals surface area contributed by atoms with Gasteiger partial charge in [-0.3, -0.25) is 14.2 Å². The zero-order valence-corrected chi connectivity index (χ0v) is 20.8. The van der Waals surface area contributed by atoms with E-state index in [0.29, 0.717) is 5.16 Å². The number of carbonyl (C=O) groups is 1. The number of fused-ring (bicyclic) bond motifs is 3. The summed E-state index contributed by atoms with van der Waals surface area (Å²) in [5, 5.41) is 4.23. The van der Waals surface area contributed by atoms with Gasteiger partial charge in [0.25, 0.3) is 5.56 Å². The molecule has 2 aromatic carbocycles. The fourth-order valence-electron chi connectivity index (χ4n) is 4.26. The number of aryl methyl sites for hydroxylation is 2. The van der Waals surface area contributed by atoms with Crippen LogP contribution in [0.5, 0.6) is 0 Å². The van der Waals surface area contributed by atoms with Crippen LogP contribution in [-0.2, 0) is 17.6 Å². The Kier molecular flexibility index (Phi) is 6.43. The Morgan fingerprint density at radius 2 is 1.82 bits per heavy atom. The van der Waals surface area contributed by atoms with Crippen molar-refractivity contribution in [3.8, 4) is 5.69 Å². The fourth-order valence-corrected chi connectivity index (χ4v) is 6.37. The highest BCUT2D eigenvalue weighted by atomic mass is 32.2. The summed E-state index contributed by atoms with van der Waals surface area (Å²) < 4.78 is 1.66. The van der Waals surface area contributed by atoms with Gasteiger partial charge in [0.2, 0.25) is 5.91 Å². The van der Waals surface area contributed by atoms with Gasteiger partial charge in [0, 0.05) is 30.3 Å². The molecule has 0 unspecified atom stereocenters. The number of carbonyl (C=O) groups excluding carboxylic acids is 1. The third-order valence-electron chi connectivity index (χ3n) is 5.97. The number of nitrogens with one attached hydrogen (secondary N) is 1. The van der Waals surface area contributed by atoms with Gasteiger partial charge in [0.15, 0.2) is 5.16 Å². The van der Waals surface area contributed by atoms with Gasteiger partial charge in [0.05, 0.1) is 16.8 Å². The summed E-state index contributed by atoms with van der Waals surface area (Å²) in [6.45, 7) is 0. The molecule has 1 aliphatic rings. The van der Waals surface area contributed by atoms with E-state index in [1.165, 1.54) is 22.2 Å². The normalized spacial score (nSPS) is 13.0. The lowest BCUT2D eigenvalue weighted by Crippen LogP contribution is -2.23. The van der Waals surface area contributed by atoms with Crippen LogP contribution in [0, 0.1) is 0 Å². The molecule has 8 heteroatoms. The molecule has 2 heterocycles. The van der Waals surface area contributed by atoms with Gasteiger partial charge in [-0.25, -0.2) is 4.98 Å². The lowest BCUT2D eigenvalue weighted by molar-refractivity contribution is -0.113. The summed E-state index contributed by atoms with van der Waals surface area (Å²) in [5.74, 6) is 0.0210. The van der Waals surface area contributed by atoms with Crippen molar-refractivity contribution in [2.75, 3.05) is 30.1 Å². The number of benzene rings is 2. The van der Waals surface area contributed by atoms with Crippen molar-refractivity contribution in [1.82, 2.24) is 9.55 Å². The van der Waals surface area contributed by atoms with E-state index in [-0.39, 0.29) is 17.2 Å². The molecular formula is C26H26N4O2S2. The molecular weight excluding hydrogens is 464 g/mol. The highest BCUT2D eigenvalue weighted by molar-refractivity contribution is 7.99. The second-order valence-corrected chi connectivity index (χ2v) is 10.6. The molecule has 2 aromatic heterocycles. The second-order valence-electron chi connectivity index (χ2n) is 8.54. The topological polar surface area (TPSA) is 67.2 Å². The first-order valence-electron chi connectivity index (χ1n) is 11.3. The van der Waals surface area contributed by atoms with E-state index in [2.05, 4.69) is 5.32 Å². The van der Waals surface area contributed by atoms with E-state index in [1.54, 1.807) is 15.9 Å². The van der Waals surface area contributed by atoms with E-state index in [4.69, 9.17) is 4.98 Å². The van der Waals surface area contributed by atoms with Crippen LogP contribution in [0.1, 0.15) is 23.3 Å². The Labute approximate surface area is 206 Å². The molecule has 0 fully saturated rings. The number of rotatable bonds is 6. The van der Waals surface area contributed by atoms with E-state index in [1.807, 2.05) is 73.6 Å². The predicted molar refractivity (Wildman–Crippen MR) is 142 cm³/mol. The van der Waals surface area contributed by atoms with E-state index < -0.39 is 0 Å². The zero-order chi connectivity index (χ0) is 23.7. The van der Waals surface area contributed by atoms with Gasteiger partial charge in [-0.15, -0.1) is 11.3 Å². The van der Waals surface area contributed by atoms with Gasteiger partial charge in [-0.1, -0.05) is 30.0 Å². The highest BCUT2D eigenvalue weighted by Gasteiger charge is 2.23. The molecule has 1 aliphatic carbocycles. The maximum Gasteiger partial charge on any atom is 0.267 e. The summed E-state index contributed by atoms with van der Waals surface area (Å²) in [4.78, 5) is 35.4. The molecule has 0 atom stereocenters. The largest absolute Gasteiger partial charge is 0.378 e. The molecule has 34 heavy (non-hydrogen) atoms. The first-order valence-corrected chi connectivity index (χ1v) is 13.1. The van der Waals surface area contributed by atoms with Crippen molar-refractivity contribution >= 4 is 50.6 Å². The molecule has 0 saturated carbocycles. The Balaban J connectivity index is 1.45. The van der Waals surface area contributed by atoms with Crippen molar-refractivity contribution in [2.45, 2.75) is 30.8 Å². The molecule has 1 amide bonds. The highest BCUT2D eigenvalue weighted by Crippen LogP contribution is 2.35. The minimum Gasteiger partial charge on any atom is -0.378 e. The maximum absolute atomic E-state index is 13.7. The smallest absolute Gasteiger partial charge is 0.267 e. The van der Waals surface area contributed by atoms with Crippen LogP contribution in [0.3, 0.4) is 0 Å². The SMILES string of the molecule is CN(C)c1ccc(NC(=O)CSc2nc3sc4c(c3c(=O)n2-c2ccccc2)CCCC4)cc1. The van der Waals surface area contributed by atoms with Crippen molar-refractivity contribution in [2.24, 2.45) is 0 Å². The molecule has 0 bridgehead atoms. The van der Waals surface area contributed by atoms with E-state index >= 15 is 0 Å². The Hall–Kier alpha value is -3.10. The van der Waals surface area contributed by atoms with Crippen LogP contribution in [0.25, 0.3) is 15.9 Å². The van der Waals surface area contributed by atoms with Crippen LogP contribution in [0.15, 0.2) is 64.5 Å². The van der Waals surface area contributed by atoms with Crippen LogP contribution in [-0.4, -0.2) is 35.3 Å². The molecule has 6 nitrogen and oxygen atoms in total. The van der Waals surface area contributed by atoms with Crippen molar-refractivity contribution in [3.63, 3.8) is 0 Å². The summed E-state index contributed by atoms with van der Waals surface area (Å²) in [5.41, 5.74) is 3.70. The minimum atomic E-state index is -0.137. The lowest BCUT2D eigenvalue weighted by Gasteiger charge is -2.14. The Morgan fingerprint density at radius 1 is 1.09 bits per heavy atom. The number of amides is 1. The van der Waals surface area contributed by atoms with Crippen LogP contribution in [0.4, 0.5) is 11.4 Å². The molecule has 174 valence electrons. The molecule has 0 aliphatic heterocycles. The number of nitrogens with zero attached hydrogens (tertiary/aromatic N) is 3. The van der Waals surface area contributed by atoms with Gasteiger partial charge in [-0.2, -0.15) is 0 Å². The number of hydrogen-bond acceptors (Lipinski definition) is 6. The minimum absolute atomic E-state index is 0.0437. The van der Waals surface area contributed by atoms with Crippen molar-refractivity contribution < 1.29 is 4.79 Å². The van der Waals surface area contributed by atoms with Crippen molar-refractivity contribution in [3.05, 3.63) is 75.4 Å². The van der Waals surface area contributed by atoms with Crippen LogP contribution in [0.2, 0.25) is 0 Å². The maximum atomic E-state index is 13.7. The Morgan fingerprint density at radius 3 is 2.56 bits per heavy atom. The predicted octanol–water partition coefficient (Wildman–Crippen LogP) is 5.12. The molecule has 0 saturated heterocycles. The van der Waals surface area contributed by atoms with Gasteiger partial charge < -0.3 is 10.2 Å². The summed E-state index contributed by atoms with van der Waals surface area (Å²) in [7, 11) is 3.95. The molecule has 5 rings (SSSR count). The van der Waals surface area contributed by atoms with E-state index in [0.717, 1.165) is 53.0 Å². The lowest BCUT2D eigenvalue weighted by atomic mass is 9.97. The molecule has 1 N–H and O–H groups in total. The summed E-state index contributed by atoms with van der Waals surface area (Å²) in [6.07, 6.45) is 4.21. The first kappa shape index (κ1) is 22.7. The van der Waals surface area contributed by atoms with Gasteiger partial charge in [0.1, 0.15) is 4.83 Å². The molecule has 4 aromatic rings. The van der Waals surface area contributed by atoms with E-state index in [9.17, 15) is 9.59 Å². The molecule has 0 spiro atoms. The number of para-hydroxylation sites is 1. The summed E-state index contributed by atoms with van der Waals surface area (Å²) >= 11 is 2.92.